The third kappa shape index (κ3) is 2.44. The summed E-state index contributed by atoms with van der Waals surface area (Å²) in [5.74, 6) is 0. The van der Waals surface area contributed by atoms with Crippen LogP contribution in [0.1, 0.15) is 0 Å². The Morgan fingerprint density at radius 1 is 0.857 bits per heavy atom. The van der Waals surface area contributed by atoms with E-state index in [-0.39, 0.29) is 0 Å². The normalized spacial score (nSPS) is 10.7. The second-order valence-corrected chi connectivity index (χ2v) is 5.51. The van der Waals surface area contributed by atoms with E-state index in [1.54, 1.807) is 0 Å². The minimum absolute atomic E-state index is 1.01. The van der Waals surface area contributed by atoms with Crippen LogP contribution >= 0.6 is 0 Å². The Morgan fingerprint density at radius 3 is 2.29 bits per heavy atom. The lowest BCUT2D eigenvalue weighted by Gasteiger charge is -2.10. The molecule has 0 aliphatic rings. The summed E-state index contributed by atoms with van der Waals surface area (Å²) in [5, 5.41) is 4.76. The number of hydrogen-bond acceptors (Lipinski definition) is 2. The molecule has 0 fully saturated rings. The van der Waals surface area contributed by atoms with Gasteiger partial charge in [0.1, 0.15) is 31.4 Å². The van der Waals surface area contributed by atoms with Gasteiger partial charge in [-0.3, -0.25) is 4.98 Å². The Balaban J connectivity index is 2.11. The summed E-state index contributed by atoms with van der Waals surface area (Å²) < 4.78 is 1.95. The number of rotatable bonds is 2. The van der Waals surface area contributed by atoms with Crippen LogP contribution in [-0.4, -0.2) is 46.1 Å². The van der Waals surface area contributed by atoms with E-state index in [9.17, 15) is 0 Å². The van der Waals surface area contributed by atoms with Crippen molar-refractivity contribution in [3.63, 3.8) is 0 Å². The van der Waals surface area contributed by atoms with Crippen molar-refractivity contribution >= 4 is 53.2 Å². The van der Waals surface area contributed by atoms with Crippen molar-refractivity contribution < 1.29 is 0 Å². The fraction of sp³-hybridized carbons (Fsp3) is 0. The van der Waals surface area contributed by atoms with E-state index in [1.807, 2.05) is 23.3 Å². The summed E-state index contributed by atoms with van der Waals surface area (Å²) in [6.07, 6.45) is 5.77. The topological polar surface area (TPSA) is 30.7 Å². The molecule has 0 saturated carbocycles. The largest absolute Gasteiger partial charge is 0.266 e. The maximum Gasteiger partial charge on any atom is 0.144 e. The monoisotopic (exact) mass is 269 g/mol. The van der Waals surface area contributed by atoms with E-state index in [0.29, 0.717) is 0 Å². The first-order valence-corrected chi connectivity index (χ1v) is 7.12. The van der Waals surface area contributed by atoms with E-state index < -0.39 is 0 Å². The molecule has 0 saturated heterocycles. The number of nitrogens with zero attached hydrogens (tertiary/aromatic N) is 3. The van der Waals surface area contributed by atoms with Crippen molar-refractivity contribution in [3.05, 3.63) is 42.9 Å². The maximum atomic E-state index is 4.76. The summed E-state index contributed by atoms with van der Waals surface area (Å²) in [6, 6.07) is 8.41. The highest BCUT2D eigenvalue weighted by Crippen LogP contribution is 2.14. The molecular formula is C14H15B4N3. The Hall–Kier alpha value is -2.16. The molecule has 3 aromatic rings. The van der Waals surface area contributed by atoms with Crippen molar-refractivity contribution in [2.24, 2.45) is 0 Å². The van der Waals surface area contributed by atoms with Gasteiger partial charge in [0.15, 0.2) is 0 Å². The van der Waals surface area contributed by atoms with Gasteiger partial charge in [-0.15, -0.1) is 0 Å². The van der Waals surface area contributed by atoms with Gasteiger partial charge in [-0.1, -0.05) is 29.1 Å². The zero-order valence-electron chi connectivity index (χ0n) is 12.9. The molecule has 2 heterocycles. The number of benzene rings is 1. The lowest BCUT2D eigenvalue weighted by Crippen LogP contribution is -2.27. The smallest absolute Gasteiger partial charge is 0.144 e. The molecule has 0 unspecified atom stereocenters. The predicted octanol–water partition coefficient (Wildman–Crippen LogP) is -4.03. The number of aromatic nitrogens is 3. The lowest BCUT2D eigenvalue weighted by molar-refractivity contribution is 0.893. The highest BCUT2D eigenvalue weighted by molar-refractivity contribution is 6.50. The quantitative estimate of drug-likeness (QED) is 0.443. The summed E-state index contributed by atoms with van der Waals surface area (Å²) in [5.41, 5.74) is 8.15. The van der Waals surface area contributed by atoms with Gasteiger partial charge in [-0.05, 0) is 22.6 Å². The zero-order valence-corrected chi connectivity index (χ0v) is 12.9. The third-order valence-electron chi connectivity index (χ3n) is 3.98. The minimum Gasteiger partial charge on any atom is -0.266 e. The van der Waals surface area contributed by atoms with Gasteiger partial charge in [0.05, 0.1) is 11.4 Å². The van der Waals surface area contributed by atoms with E-state index in [0.717, 1.165) is 22.3 Å². The summed E-state index contributed by atoms with van der Waals surface area (Å²) in [6.45, 7) is 0. The molecule has 1 aromatic carbocycles. The first-order chi connectivity index (χ1) is 10.1. The Labute approximate surface area is 128 Å². The Kier molecular flexibility index (Phi) is 3.50. The standard InChI is InChI=1S/C14H15B4N3/c15-9-3-1-2-8(13(9)18)12-4-5-21(20-12)14-10(16)6-19-7-11(14)17/h1-7H,15-18H2. The van der Waals surface area contributed by atoms with E-state index >= 15 is 0 Å². The van der Waals surface area contributed by atoms with Crippen molar-refractivity contribution in [3.8, 4) is 16.9 Å². The fourth-order valence-corrected chi connectivity index (χ4v) is 2.68. The van der Waals surface area contributed by atoms with Crippen LogP contribution < -0.4 is 21.9 Å². The predicted molar refractivity (Wildman–Crippen MR) is 99.5 cm³/mol. The van der Waals surface area contributed by atoms with Crippen LogP contribution in [0.3, 0.4) is 0 Å². The molecule has 0 aliphatic heterocycles. The van der Waals surface area contributed by atoms with Gasteiger partial charge < -0.3 is 0 Å². The minimum atomic E-state index is 1.01. The molecule has 0 spiro atoms. The average molecular weight is 269 g/mol. The van der Waals surface area contributed by atoms with Crippen molar-refractivity contribution in [2.75, 3.05) is 0 Å². The van der Waals surface area contributed by atoms with Crippen LogP contribution in [0.5, 0.6) is 0 Å². The molecule has 98 valence electrons. The molecule has 21 heavy (non-hydrogen) atoms. The summed E-state index contributed by atoms with van der Waals surface area (Å²) in [7, 11) is 8.41. The van der Waals surface area contributed by atoms with Gasteiger partial charge in [0, 0.05) is 18.6 Å². The molecule has 0 amide bonds. The first-order valence-electron chi connectivity index (χ1n) is 7.12. The SMILES string of the molecule is Bc1cccc(-c2ccn(-c3c(B)cncc3B)n2)c1B. The van der Waals surface area contributed by atoms with E-state index in [4.69, 9.17) is 5.10 Å². The van der Waals surface area contributed by atoms with Crippen LogP contribution in [0.2, 0.25) is 0 Å². The second-order valence-electron chi connectivity index (χ2n) is 5.51. The molecule has 0 aliphatic carbocycles. The zero-order chi connectivity index (χ0) is 15.0. The fourth-order valence-electron chi connectivity index (χ4n) is 2.68. The summed E-state index contributed by atoms with van der Waals surface area (Å²) in [4.78, 5) is 4.22. The number of hydrogen-bond donors (Lipinski definition) is 0. The highest BCUT2D eigenvalue weighted by Gasteiger charge is 2.10. The van der Waals surface area contributed by atoms with Gasteiger partial charge >= 0.3 is 0 Å². The van der Waals surface area contributed by atoms with Gasteiger partial charge in [-0.2, -0.15) is 5.10 Å². The van der Waals surface area contributed by atoms with E-state index in [2.05, 4.69) is 60.6 Å². The molecular weight excluding hydrogens is 253 g/mol. The Bertz CT molecular complexity index is 793. The van der Waals surface area contributed by atoms with Crippen LogP contribution in [0.15, 0.2) is 42.9 Å². The van der Waals surface area contributed by atoms with Crippen LogP contribution in [0.25, 0.3) is 16.9 Å². The van der Waals surface area contributed by atoms with Crippen molar-refractivity contribution in [1.29, 1.82) is 0 Å². The molecule has 7 heteroatoms. The number of pyridine rings is 1. The molecule has 3 nitrogen and oxygen atoms in total. The maximum absolute atomic E-state index is 4.76. The van der Waals surface area contributed by atoms with Crippen LogP contribution in [0.4, 0.5) is 0 Å². The van der Waals surface area contributed by atoms with Gasteiger partial charge in [0.2, 0.25) is 0 Å². The lowest BCUT2D eigenvalue weighted by atomic mass is 9.77. The van der Waals surface area contributed by atoms with Crippen LogP contribution in [0, 0.1) is 0 Å². The molecule has 3 rings (SSSR count). The molecule has 0 N–H and O–H groups in total. The molecule has 2 aromatic heterocycles. The average Bonchev–Trinajstić information content (AvgIpc) is 2.91. The van der Waals surface area contributed by atoms with Crippen LogP contribution in [-0.2, 0) is 0 Å². The van der Waals surface area contributed by atoms with Crippen molar-refractivity contribution in [1.82, 2.24) is 14.8 Å². The second kappa shape index (κ2) is 5.32. The van der Waals surface area contributed by atoms with Gasteiger partial charge in [-0.25, -0.2) is 4.68 Å². The molecule has 0 atom stereocenters. The van der Waals surface area contributed by atoms with E-state index in [1.165, 1.54) is 16.5 Å². The summed E-state index contributed by atoms with van der Waals surface area (Å²) >= 11 is 0. The molecule has 0 bridgehead atoms. The molecule has 0 radical (unpaired) electrons. The van der Waals surface area contributed by atoms with Gasteiger partial charge in [0.25, 0.3) is 0 Å². The Morgan fingerprint density at radius 2 is 1.57 bits per heavy atom. The first kappa shape index (κ1) is 13.8. The third-order valence-corrected chi connectivity index (χ3v) is 3.98. The highest BCUT2D eigenvalue weighted by atomic mass is 15.3. The van der Waals surface area contributed by atoms with Crippen molar-refractivity contribution in [2.45, 2.75) is 0 Å².